The number of fused-ring (bicyclic) bond motifs is 2. The van der Waals surface area contributed by atoms with Crippen LogP contribution in [0, 0.1) is 12.3 Å². The lowest BCUT2D eigenvalue weighted by Crippen LogP contribution is -2.70. The van der Waals surface area contributed by atoms with E-state index in [0.29, 0.717) is 31.4 Å². The maximum absolute atomic E-state index is 13.2. The van der Waals surface area contributed by atoms with Gasteiger partial charge in [0.1, 0.15) is 24.1 Å². The Morgan fingerprint density at radius 2 is 1.65 bits per heavy atom. The van der Waals surface area contributed by atoms with E-state index in [-0.39, 0.29) is 18.3 Å². The smallest absolute Gasteiger partial charge is 0.226 e. The normalized spacial score (nSPS) is 28.1. The number of benzene rings is 2. The van der Waals surface area contributed by atoms with Crippen LogP contribution in [0.15, 0.2) is 42.5 Å². The number of aryl methyl sites for hydroxylation is 2. The highest BCUT2D eigenvalue weighted by Gasteiger charge is 2.71. The zero-order valence-corrected chi connectivity index (χ0v) is 29.8. The van der Waals surface area contributed by atoms with Crippen LogP contribution in [0.3, 0.4) is 0 Å². The van der Waals surface area contributed by atoms with Crippen molar-refractivity contribution in [1.82, 2.24) is 10.2 Å². The summed E-state index contributed by atoms with van der Waals surface area (Å²) in [5.41, 5.74) is 0.991. The molecule has 5 rings (SSSR count). The van der Waals surface area contributed by atoms with Crippen molar-refractivity contribution in [2.45, 2.75) is 120 Å². The molecule has 5 atom stereocenters. The van der Waals surface area contributed by atoms with Crippen LogP contribution in [0.4, 0.5) is 0 Å². The number of carbonyl (C=O) groups is 2. The van der Waals surface area contributed by atoms with E-state index < -0.39 is 40.7 Å². The van der Waals surface area contributed by atoms with Crippen molar-refractivity contribution in [2.75, 3.05) is 33.8 Å². The van der Waals surface area contributed by atoms with Gasteiger partial charge in [0.05, 0.1) is 17.6 Å². The summed E-state index contributed by atoms with van der Waals surface area (Å²) in [4.78, 5) is 28.4. The molecule has 270 valence electrons. The monoisotopic (exact) mass is 680 g/mol. The van der Waals surface area contributed by atoms with Gasteiger partial charge in [0.2, 0.25) is 11.7 Å². The van der Waals surface area contributed by atoms with Gasteiger partial charge in [0, 0.05) is 31.5 Å². The molecule has 49 heavy (non-hydrogen) atoms. The van der Waals surface area contributed by atoms with E-state index in [4.69, 9.17) is 9.47 Å². The predicted molar refractivity (Wildman–Crippen MR) is 186 cm³/mol. The third-order valence-electron chi connectivity index (χ3n) is 11.1. The van der Waals surface area contributed by atoms with E-state index in [2.05, 4.69) is 29.6 Å². The number of ether oxygens (including phenoxy) is 2. The number of rotatable bonds is 14. The van der Waals surface area contributed by atoms with E-state index in [1.165, 1.54) is 13.8 Å². The first kappa shape index (κ1) is 37.6. The van der Waals surface area contributed by atoms with Crippen molar-refractivity contribution >= 4 is 11.7 Å². The lowest BCUT2D eigenvalue weighted by atomic mass is 9.70. The number of Topliss-reactive ketones (excluding diaryl/α,β-unsaturated/α-hetero) is 1. The number of hydrogen-bond donors (Lipinski definition) is 5. The third kappa shape index (κ3) is 7.66. The highest BCUT2D eigenvalue weighted by atomic mass is 16.8. The summed E-state index contributed by atoms with van der Waals surface area (Å²) in [7, 11) is 3.96. The Hall–Kier alpha value is -2.70. The molecule has 3 aliphatic rings. The molecule has 2 aromatic rings. The van der Waals surface area contributed by atoms with Crippen molar-refractivity contribution in [2.24, 2.45) is 5.41 Å². The number of carbonyl (C=O) groups excluding carboxylic acids is 2. The summed E-state index contributed by atoms with van der Waals surface area (Å²) < 4.78 is 12.3. The van der Waals surface area contributed by atoms with Gasteiger partial charge < -0.3 is 40.1 Å². The molecule has 2 bridgehead atoms. The Bertz CT molecular complexity index is 1460. The second-order valence-electron chi connectivity index (χ2n) is 15.5. The van der Waals surface area contributed by atoms with E-state index >= 15 is 0 Å². The van der Waals surface area contributed by atoms with Crippen LogP contribution in [-0.4, -0.2) is 100 Å². The van der Waals surface area contributed by atoms with Gasteiger partial charge in [-0.15, -0.1) is 0 Å². The molecule has 10 heteroatoms. The zero-order chi connectivity index (χ0) is 35.6. The lowest BCUT2D eigenvalue weighted by Gasteiger charge is -2.50. The minimum Gasteiger partial charge on any atom is -0.387 e. The predicted octanol–water partition coefficient (Wildman–Crippen LogP) is 3.30. The van der Waals surface area contributed by atoms with Gasteiger partial charge in [-0.05, 0) is 95.3 Å². The number of ketones is 1. The number of amides is 1. The van der Waals surface area contributed by atoms with Gasteiger partial charge in [-0.2, -0.15) is 0 Å². The fraction of sp³-hybridized carbons (Fsp3) is 0.641. The first-order valence-corrected chi connectivity index (χ1v) is 17.9. The van der Waals surface area contributed by atoms with Crippen molar-refractivity contribution in [3.8, 4) is 0 Å². The van der Waals surface area contributed by atoms with Crippen LogP contribution in [0.25, 0.3) is 0 Å². The Labute approximate surface area is 290 Å². The molecule has 0 radical (unpaired) electrons. The fourth-order valence-corrected chi connectivity index (χ4v) is 7.86. The zero-order valence-electron chi connectivity index (χ0n) is 29.8. The Morgan fingerprint density at radius 3 is 2.31 bits per heavy atom. The van der Waals surface area contributed by atoms with Crippen LogP contribution in [0.2, 0.25) is 0 Å². The largest absolute Gasteiger partial charge is 0.387 e. The van der Waals surface area contributed by atoms with Crippen molar-refractivity contribution in [3.63, 3.8) is 0 Å². The van der Waals surface area contributed by atoms with Crippen LogP contribution in [0.1, 0.15) is 93.0 Å². The first-order valence-electron chi connectivity index (χ1n) is 17.9. The summed E-state index contributed by atoms with van der Waals surface area (Å²) in [6.45, 7) is 6.15. The van der Waals surface area contributed by atoms with Crippen LogP contribution in [-0.2, 0) is 37.7 Å². The number of likely N-dealkylation sites (N-methyl/N-ethyl adjacent to an activating group) is 1. The van der Waals surface area contributed by atoms with Crippen molar-refractivity contribution < 1.29 is 39.5 Å². The van der Waals surface area contributed by atoms with E-state index in [0.717, 1.165) is 73.7 Å². The first-order chi connectivity index (χ1) is 23.1. The fourth-order valence-electron chi connectivity index (χ4n) is 7.86. The molecule has 2 aromatic carbocycles. The molecule has 3 fully saturated rings. The molecule has 1 amide bonds. The molecule has 5 N–H and O–H groups in total. The van der Waals surface area contributed by atoms with Crippen LogP contribution in [0.5, 0.6) is 0 Å². The Morgan fingerprint density at radius 1 is 0.980 bits per heavy atom. The molecule has 2 aliphatic heterocycles. The van der Waals surface area contributed by atoms with E-state index in [1.54, 1.807) is 6.07 Å². The lowest BCUT2D eigenvalue weighted by molar-refractivity contribution is -0.348. The van der Waals surface area contributed by atoms with Gasteiger partial charge in [-0.1, -0.05) is 55.7 Å². The van der Waals surface area contributed by atoms with Gasteiger partial charge in [0.15, 0.2) is 5.60 Å². The topological polar surface area (TPSA) is 149 Å². The van der Waals surface area contributed by atoms with Gasteiger partial charge >= 0.3 is 0 Å². The number of nitrogens with one attached hydrogen (secondary N) is 1. The van der Waals surface area contributed by atoms with Crippen LogP contribution >= 0.6 is 0 Å². The molecule has 0 aromatic heterocycles. The quantitative estimate of drug-likeness (QED) is 0.203. The maximum atomic E-state index is 13.2. The minimum absolute atomic E-state index is 0.0373. The third-order valence-corrected chi connectivity index (χ3v) is 11.1. The highest BCUT2D eigenvalue weighted by Crippen LogP contribution is 2.53. The van der Waals surface area contributed by atoms with Crippen molar-refractivity contribution in [3.05, 3.63) is 70.3 Å². The average Bonchev–Trinajstić information content (AvgIpc) is 3.46. The summed E-state index contributed by atoms with van der Waals surface area (Å²) >= 11 is 0. The molecule has 2 saturated heterocycles. The van der Waals surface area contributed by atoms with Gasteiger partial charge in [-0.3, -0.25) is 9.59 Å². The maximum Gasteiger partial charge on any atom is 0.226 e. The molecule has 0 spiro atoms. The molecule has 2 heterocycles. The second-order valence-corrected chi connectivity index (χ2v) is 15.5. The SMILES string of the molecule is Cc1ccc([C@]23OC[C@](C(C)(C)O)(O2)[C@@H](O)[C@H](O)[C@H]3O)cc1Cc1ccc(CCCC(=O)CC2(C(=O)NCCN(C)C)CCCCC2)cc1. The molecular formula is C39H56N2O8. The highest BCUT2D eigenvalue weighted by molar-refractivity contribution is 5.89. The number of nitrogens with zero attached hydrogens (tertiary/aromatic N) is 1. The number of aliphatic hydroxyl groups excluding tert-OH is 3. The average molecular weight is 681 g/mol. The van der Waals surface area contributed by atoms with E-state index in [9.17, 15) is 30.0 Å². The summed E-state index contributed by atoms with van der Waals surface area (Å²) in [6.07, 6.45) is 2.86. The van der Waals surface area contributed by atoms with Gasteiger partial charge in [-0.25, -0.2) is 0 Å². The minimum atomic E-state index is -1.74. The second kappa shape index (κ2) is 14.9. The Kier molecular flexibility index (Phi) is 11.4. The van der Waals surface area contributed by atoms with E-state index in [1.807, 2.05) is 38.1 Å². The number of hydrogen-bond acceptors (Lipinski definition) is 9. The number of aliphatic hydroxyl groups is 4. The molecule has 0 unspecified atom stereocenters. The molecule has 1 aliphatic carbocycles. The Balaban J connectivity index is 1.19. The van der Waals surface area contributed by atoms with Crippen LogP contribution < -0.4 is 5.32 Å². The molecular weight excluding hydrogens is 624 g/mol. The summed E-state index contributed by atoms with van der Waals surface area (Å²) in [6, 6.07) is 13.9. The summed E-state index contributed by atoms with van der Waals surface area (Å²) in [5.74, 6) is -1.54. The van der Waals surface area contributed by atoms with Crippen molar-refractivity contribution in [1.29, 1.82) is 0 Å². The standard InChI is InChI=1S/C39H56N2O8/c1-26-12-17-30(39-34(45)32(43)33(44)38(49-39,25-48-39)36(2,3)47)23-29(26)22-28-15-13-27(14-16-28)10-9-11-31(42)24-37(18-7-6-8-19-37)35(46)40-20-21-41(4)5/h12-17,23,32-34,43-45,47H,6-11,18-22,24-25H2,1-5H3,(H,40,46)/t32-,33-,34+,38-,39-/m0/s1. The molecule has 1 saturated carbocycles. The van der Waals surface area contributed by atoms with Gasteiger partial charge in [0.25, 0.3) is 0 Å². The molecule has 10 nitrogen and oxygen atoms in total. The summed E-state index contributed by atoms with van der Waals surface area (Å²) in [5, 5.41) is 46.7.